The van der Waals surface area contributed by atoms with Gasteiger partial charge in [-0.1, -0.05) is 20.8 Å². The van der Waals surface area contributed by atoms with Gasteiger partial charge in [-0.05, 0) is 17.1 Å². The second-order valence-corrected chi connectivity index (χ2v) is 4.43. The number of rotatable bonds is 1. The number of hydrogen-bond acceptors (Lipinski definition) is 2. The van der Waals surface area contributed by atoms with Gasteiger partial charge in [0, 0.05) is 12.8 Å². The summed E-state index contributed by atoms with van der Waals surface area (Å²) in [5, 5.41) is 9.70. The molecule has 0 aromatic heterocycles. The Morgan fingerprint density at radius 2 is 1.92 bits per heavy atom. The van der Waals surface area contributed by atoms with E-state index in [1.165, 1.54) is 0 Å². The average molecular weight is 182 g/mol. The molecule has 0 atom stereocenters. The Bertz CT molecular complexity index is 254. The smallest absolute Gasteiger partial charge is 0.0965 e. The molecule has 0 saturated heterocycles. The first-order valence-electron chi connectivity index (χ1n) is 4.62. The highest BCUT2D eigenvalue weighted by Gasteiger charge is 2.23. The number of ether oxygens (including phenoxy) is 1. The van der Waals surface area contributed by atoms with Gasteiger partial charge in [-0.2, -0.15) is 0 Å². The predicted molar refractivity (Wildman–Crippen MR) is 53.4 cm³/mol. The molecule has 2 heteroatoms. The fourth-order valence-electron chi connectivity index (χ4n) is 1.50. The van der Waals surface area contributed by atoms with Crippen LogP contribution >= 0.6 is 0 Å². The summed E-state index contributed by atoms with van der Waals surface area (Å²) in [7, 11) is 1.68. The summed E-state index contributed by atoms with van der Waals surface area (Å²) in [4.78, 5) is 0. The third-order valence-electron chi connectivity index (χ3n) is 2.29. The lowest BCUT2D eigenvalue weighted by Crippen LogP contribution is -2.14. The SMILES string of the molecule is COC1=CC(C(C)(C)C)=C(O)CC1. The first-order chi connectivity index (χ1) is 5.95. The summed E-state index contributed by atoms with van der Waals surface area (Å²) in [6, 6.07) is 0. The molecular formula is C11H18O2. The van der Waals surface area contributed by atoms with Gasteiger partial charge in [0.25, 0.3) is 0 Å². The number of aliphatic hydroxyl groups is 1. The first-order valence-corrected chi connectivity index (χ1v) is 4.62. The quantitative estimate of drug-likeness (QED) is 0.675. The molecule has 0 saturated carbocycles. The topological polar surface area (TPSA) is 29.5 Å². The van der Waals surface area contributed by atoms with Crippen molar-refractivity contribution in [3.05, 3.63) is 23.2 Å². The molecule has 2 nitrogen and oxygen atoms in total. The molecule has 0 unspecified atom stereocenters. The third kappa shape index (κ3) is 2.27. The molecule has 0 fully saturated rings. The number of allylic oxidation sites excluding steroid dienone is 4. The van der Waals surface area contributed by atoms with Crippen LogP contribution in [0, 0.1) is 5.41 Å². The molecule has 1 rings (SSSR count). The summed E-state index contributed by atoms with van der Waals surface area (Å²) in [6.07, 6.45) is 3.47. The number of aliphatic hydroxyl groups excluding tert-OH is 1. The summed E-state index contributed by atoms with van der Waals surface area (Å²) < 4.78 is 5.18. The molecule has 0 aromatic carbocycles. The second-order valence-electron chi connectivity index (χ2n) is 4.43. The molecule has 1 aliphatic rings. The molecule has 0 heterocycles. The van der Waals surface area contributed by atoms with Gasteiger partial charge < -0.3 is 9.84 Å². The van der Waals surface area contributed by atoms with Crippen LogP contribution in [0.5, 0.6) is 0 Å². The molecule has 0 aliphatic heterocycles. The van der Waals surface area contributed by atoms with Crippen molar-refractivity contribution in [2.45, 2.75) is 33.6 Å². The number of methoxy groups -OCH3 is 1. The van der Waals surface area contributed by atoms with Crippen LogP contribution in [0.1, 0.15) is 33.6 Å². The van der Waals surface area contributed by atoms with Crippen molar-refractivity contribution in [2.24, 2.45) is 5.41 Å². The van der Waals surface area contributed by atoms with Crippen LogP contribution < -0.4 is 0 Å². The molecule has 0 radical (unpaired) electrons. The van der Waals surface area contributed by atoms with Gasteiger partial charge in [-0.25, -0.2) is 0 Å². The van der Waals surface area contributed by atoms with Gasteiger partial charge in [0.2, 0.25) is 0 Å². The van der Waals surface area contributed by atoms with E-state index in [1.807, 2.05) is 6.08 Å². The second kappa shape index (κ2) is 3.44. The zero-order valence-corrected chi connectivity index (χ0v) is 8.85. The third-order valence-corrected chi connectivity index (χ3v) is 2.29. The van der Waals surface area contributed by atoms with Gasteiger partial charge in [0.1, 0.15) is 0 Å². The molecule has 1 aliphatic carbocycles. The van der Waals surface area contributed by atoms with E-state index in [-0.39, 0.29) is 5.41 Å². The van der Waals surface area contributed by atoms with E-state index >= 15 is 0 Å². The predicted octanol–water partition coefficient (Wildman–Crippen LogP) is 3.17. The zero-order valence-electron chi connectivity index (χ0n) is 8.85. The molecule has 13 heavy (non-hydrogen) atoms. The summed E-state index contributed by atoms with van der Waals surface area (Å²) >= 11 is 0. The molecule has 0 amide bonds. The Morgan fingerprint density at radius 3 is 2.38 bits per heavy atom. The van der Waals surface area contributed by atoms with Crippen molar-refractivity contribution in [1.29, 1.82) is 0 Å². The Kier molecular flexibility index (Phi) is 2.69. The first kappa shape index (κ1) is 10.2. The van der Waals surface area contributed by atoms with Crippen LogP contribution in [-0.2, 0) is 4.74 Å². The standard InChI is InChI=1S/C11H18O2/c1-11(2,3)9-7-8(13-4)5-6-10(9)12/h7,12H,5-6H2,1-4H3. The molecule has 0 aromatic rings. The lowest BCUT2D eigenvalue weighted by atomic mass is 9.82. The summed E-state index contributed by atoms with van der Waals surface area (Å²) in [5.74, 6) is 1.47. The van der Waals surface area contributed by atoms with Gasteiger partial charge >= 0.3 is 0 Å². The maximum absolute atomic E-state index is 9.70. The highest BCUT2D eigenvalue weighted by atomic mass is 16.5. The zero-order chi connectivity index (χ0) is 10.1. The normalized spacial score (nSPS) is 18.6. The van der Waals surface area contributed by atoms with E-state index in [4.69, 9.17) is 4.74 Å². The summed E-state index contributed by atoms with van der Waals surface area (Å²) in [6.45, 7) is 6.27. The van der Waals surface area contributed by atoms with Crippen LogP contribution in [0.2, 0.25) is 0 Å². The van der Waals surface area contributed by atoms with E-state index in [0.717, 1.165) is 17.8 Å². The largest absolute Gasteiger partial charge is 0.512 e. The van der Waals surface area contributed by atoms with Crippen molar-refractivity contribution in [1.82, 2.24) is 0 Å². The highest BCUT2D eigenvalue weighted by Crippen LogP contribution is 2.34. The van der Waals surface area contributed by atoms with Crippen molar-refractivity contribution in [3.8, 4) is 0 Å². The lowest BCUT2D eigenvalue weighted by molar-refractivity contribution is 0.258. The lowest BCUT2D eigenvalue weighted by Gasteiger charge is -2.25. The molecule has 1 N–H and O–H groups in total. The summed E-state index contributed by atoms with van der Waals surface area (Å²) in [5.41, 5.74) is 0.990. The Labute approximate surface area is 79.9 Å². The maximum atomic E-state index is 9.70. The minimum Gasteiger partial charge on any atom is -0.512 e. The minimum absolute atomic E-state index is 0.00567. The Hall–Kier alpha value is -0.920. The van der Waals surface area contributed by atoms with Crippen LogP contribution in [0.15, 0.2) is 23.2 Å². The number of hydrogen-bond donors (Lipinski definition) is 1. The Balaban J connectivity index is 2.99. The molecular weight excluding hydrogens is 164 g/mol. The maximum Gasteiger partial charge on any atom is 0.0965 e. The van der Waals surface area contributed by atoms with Crippen molar-refractivity contribution < 1.29 is 9.84 Å². The van der Waals surface area contributed by atoms with Crippen LogP contribution in [0.3, 0.4) is 0 Å². The fraction of sp³-hybridized carbons (Fsp3) is 0.636. The van der Waals surface area contributed by atoms with E-state index in [0.29, 0.717) is 12.2 Å². The van der Waals surface area contributed by atoms with Gasteiger partial charge in [0.05, 0.1) is 18.6 Å². The van der Waals surface area contributed by atoms with Crippen molar-refractivity contribution >= 4 is 0 Å². The van der Waals surface area contributed by atoms with Crippen LogP contribution in [0.25, 0.3) is 0 Å². The monoisotopic (exact) mass is 182 g/mol. The van der Waals surface area contributed by atoms with Gasteiger partial charge in [-0.3, -0.25) is 0 Å². The van der Waals surface area contributed by atoms with Gasteiger partial charge in [0.15, 0.2) is 0 Å². The Morgan fingerprint density at radius 1 is 1.31 bits per heavy atom. The van der Waals surface area contributed by atoms with E-state index in [2.05, 4.69) is 20.8 Å². The van der Waals surface area contributed by atoms with Crippen molar-refractivity contribution in [3.63, 3.8) is 0 Å². The molecule has 0 bridgehead atoms. The van der Waals surface area contributed by atoms with E-state index in [9.17, 15) is 5.11 Å². The van der Waals surface area contributed by atoms with E-state index in [1.54, 1.807) is 7.11 Å². The van der Waals surface area contributed by atoms with Crippen LogP contribution in [-0.4, -0.2) is 12.2 Å². The fourth-order valence-corrected chi connectivity index (χ4v) is 1.50. The van der Waals surface area contributed by atoms with Crippen molar-refractivity contribution in [2.75, 3.05) is 7.11 Å². The average Bonchev–Trinajstić information content (AvgIpc) is 2.03. The minimum atomic E-state index is -0.00567. The van der Waals surface area contributed by atoms with Crippen LogP contribution in [0.4, 0.5) is 0 Å². The molecule has 0 spiro atoms. The van der Waals surface area contributed by atoms with Gasteiger partial charge in [-0.15, -0.1) is 0 Å². The highest BCUT2D eigenvalue weighted by molar-refractivity contribution is 5.32. The molecule has 74 valence electrons. The van der Waals surface area contributed by atoms with E-state index < -0.39 is 0 Å².